The van der Waals surface area contributed by atoms with Crippen LogP contribution >= 0.6 is 7.82 Å². The average molecular weight is 680 g/mol. The van der Waals surface area contributed by atoms with Crippen molar-refractivity contribution in [1.82, 2.24) is 5.32 Å². The standard InChI is InChI=1S/C38H67N2O6P/c1-6-8-10-12-13-14-15-16-17-18-19-20-21-22-23-24-25-26-27-28-30-32-38(42)39-36(37(41)31-29-11-9-7-2)35-46-47(43,44)45-34-33-40(3,4)5/h8,10,13-14,16-17,19-20,22-23,29,31,36-37,41H,6-7,9,11-12,15,18,21,24-28,30,32-35H2,1-5H3,(H-,39,42,43,44)/p+1/b10-8-,14-13-,17-16-,20-19-,23-22-,31-29+. The number of phosphoric ester groups is 1. The molecule has 0 aliphatic heterocycles. The molecule has 0 heterocycles. The third-order valence-electron chi connectivity index (χ3n) is 7.18. The van der Waals surface area contributed by atoms with Crippen molar-refractivity contribution in [3.63, 3.8) is 0 Å². The van der Waals surface area contributed by atoms with Crippen molar-refractivity contribution >= 4 is 13.7 Å². The van der Waals surface area contributed by atoms with E-state index in [1.807, 2.05) is 27.2 Å². The minimum absolute atomic E-state index is 0.0517. The number of aliphatic hydroxyl groups excluding tert-OH is 1. The predicted octanol–water partition coefficient (Wildman–Crippen LogP) is 8.90. The van der Waals surface area contributed by atoms with Crippen LogP contribution in [0.1, 0.15) is 110 Å². The Balaban J connectivity index is 4.27. The molecule has 0 aromatic rings. The van der Waals surface area contributed by atoms with Gasteiger partial charge in [-0.3, -0.25) is 13.8 Å². The third kappa shape index (κ3) is 32.3. The van der Waals surface area contributed by atoms with E-state index in [0.717, 1.165) is 89.9 Å². The highest BCUT2D eigenvalue weighted by Crippen LogP contribution is 2.43. The summed E-state index contributed by atoms with van der Waals surface area (Å²) in [5.41, 5.74) is 0. The Morgan fingerprint density at radius 2 is 1.28 bits per heavy atom. The maximum absolute atomic E-state index is 12.7. The summed E-state index contributed by atoms with van der Waals surface area (Å²) in [7, 11) is 1.53. The maximum Gasteiger partial charge on any atom is 0.472 e. The second-order valence-corrected chi connectivity index (χ2v) is 14.3. The van der Waals surface area contributed by atoms with Crippen LogP contribution in [0.2, 0.25) is 0 Å². The smallest absolute Gasteiger partial charge is 0.387 e. The highest BCUT2D eigenvalue weighted by atomic mass is 31.2. The normalized spacial score (nSPS) is 15.6. The number of allylic oxidation sites excluding steroid dienone is 11. The zero-order valence-corrected chi connectivity index (χ0v) is 31.1. The Kier molecular flexibility index (Phi) is 28.7. The van der Waals surface area contributed by atoms with Crippen molar-refractivity contribution in [2.24, 2.45) is 0 Å². The molecule has 0 saturated heterocycles. The average Bonchev–Trinajstić information content (AvgIpc) is 3.01. The van der Waals surface area contributed by atoms with E-state index in [9.17, 15) is 19.4 Å². The van der Waals surface area contributed by atoms with Gasteiger partial charge in [-0.2, -0.15) is 0 Å². The topological polar surface area (TPSA) is 105 Å². The number of nitrogens with one attached hydrogen (secondary N) is 1. The van der Waals surface area contributed by atoms with Gasteiger partial charge < -0.3 is 19.8 Å². The quantitative estimate of drug-likeness (QED) is 0.0303. The number of amides is 1. The van der Waals surface area contributed by atoms with Crippen molar-refractivity contribution in [3.05, 3.63) is 72.9 Å². The van der Waals surface area contributed by atoms with Crippen LogP contribution in [-0.4, -0.2) is 73.4 Å². The molecule has 8 nitrogen and oxygen atoms in total. The molecule has 0 spiro atoms. The van der Waals surface area contributed by atoms with Gasteiger partial charge in [-0.15, -0.1) is 0 Å². The molecule has 3 unspecified atom stereocenters. The third-order valence-corrected chi connectivity index (χ3v) is 8.17. The van der Waals surface area contributed by atoms with Gasteiger partial charge in [-0.1, -0.05) is 119 Å². The maximum atomic E-state index is 12.7. The number of carbonyl (C=O) groups is 1. The molecule has 0 bridgehead atoms. The highest BCUT2D eigenvalue weighted by molar-refractivity contribution is 7.47. The highest BCUT2D eigenvalue weighted by Gasteiger charge is 2.27. The molecule has 0 rings (SSSR count). The molecule has 0 aliphatic rings. The zero-order valence-electron chi connectivity index (χ0n) is 30.2. The fourth-order valence-electron chi connectivity index (χ4n) is 4.28. The first-order chi connectivity index (χ1) is 22.5. The molecule has 0 saturated carbocycles. The van der Waals surface area contributed by atoms with Gasteiger partial charge in [-0.05, 0) is 57.8 Å². The molecule has 270 valence electrons. The van der Waals surface area contributed by atoms with Crippen molar-refractivity contribution in [2.75, 3.05) is 40.9 Å². The minimum Gasteiger partial charge on any atom is -0.387 e. The fraction of sp³-hybridized carbons (Fsp3) is 0.658. The SMILES string of the molecule is CC/C=C\C/C=C\C/C=C\C/C=C\C/C=C\CCCCCCCC(=O)NC(COP(=O)(O)OCC[N+](C)(C)C)C(O)/C=C/CCCC. The number of unbranched alkanes of at least 4 members (excludes halogenated alkanes) is 7. The van der Waals surface area contributed by atoms with E-state index >= 15 is 0 Å². The summed E-state index contributed by atoms with van der Waals surface area (Å²) in [4.78, 5) is 22.7. The van der Waals surface area contributed by atoms with Crippen molar-refractivity contribution < 1.29 is 32.9 Å². The summed E-state index contributed by atoms with van der Waals surface area (Å²) >= 11 is 0. The number of quaternary nitrogens is 1. The van der Waals surface area contributed by atoms with Crippen molar-refractivity contribution in [3.8, 4) is 0 Å². The number of aliphatic hydroxyl groups is 1. The zero-order chi connectivity index (χ0) is 35.1. The molecule has 0 fully saturated rings. The Bertz CT molecular complexity index is 997. The van der Waals surface area contributed by atoms with E-state index in [0.29, 0.717) is 17.4 Å². The lowest BCUT2D eigenvalue weighted by atomic mass is 10.1. The lowest BCUT2D eigenvalue weighted by Crippen LogP contribution is -2.45. The van der Waals surface area contributed by atoms with Crippen LogP contribution in [0.4, 0.5) is 0 Å². The summed E-state index contributed by atoms with van der Waals surface area (Å²) in [6.45, 7) is 4.48. The number of nitrogens with zero attached hydrogens (tertiary/aromatic N) is 1. The van der Waals surface area contributed by atoms with Crippen LogP contribution in [-0.2, 0) is 18.4 Å². The summed E-state index contributed by atoms with van der Waals surface area (Å²) in [6, 6.07) is -0.855. The molecule has 0 radical (unpaired) electrons. The first-order valence-corrected chi connectivity index (χ1v) is 19.3. The van der Waals surface area contributed by atoms with Gasteiger partial charge in [0.1, 0.15) is 13.2 Å². The van der Waals surface area contributed by atoms with Crippen LogP contribution in [0, 0.1) is 0 Å². The summed E-state index contributed by atoms with van der Waals surface area (Å²) in [6.07, 6.45) is 38.8. The van der Waals surface area contributed by atoms with Gasteiger partial charge in [-0.25, -0.2) is 4.57 Å². The lowest BCUT2D eigenvalue weighted by molar-refractivity contribution is -0.870. The van der Waals surface area contributed by atoms with Crippen LogP contribution in [0.25, 0.3) is 0 Å². The Hall–Kier alpha value is -2.06. The summed E-state index contributed by atoms with van der Waals surface area (Å²) in [5, 5.41) is 13.5. The number of rotatable bonds is 30. The molecule has 0 aliphatic carbocycles. The molecule has 3 atom stereocenters. The van der Waals surface area contributed by atoms with Crippen LogP contribution in [0.5, 0.6) is 0 Å². The molecule has 47 heavy (non-hydrogen) atoms. The number of hydrogen-bond donors (Lipinski definition) is 3. The van der Waals surface area contributed by atoms with Crippen LogP contribution in [0.3, 0.4) is 0 Å². The van der Waals surface area contributed by atoms with E-state index in [1.165, 1.54) is 0 Å². The van der Waals surface area contributed by atoms with Crippen LogP contribution in [0.15, 0.2) is 72.9 Å². The number of likely N-dealkylation sites (N-methyl/N-ethyl adjacent to an activating group) is 1. The van der Waals surface area contributed by atoms with Crippen molar-refractivity contribution in [1.29, 1.82) is 0 Å². The Morgan fingerprint density at radius 3 is 1.85 bits per heavy atom. The molecule has 3 N–H and O–H groups in total. The second-order valence-electron chi connectivity index (χ2n) is 12.9. The van der Waals surface area contributed by atoms with Gasteiger partial charge in [0.05, 0.1) is 39.9 Å². The van der Waals surface area contributed by atoms with E-state index in [-0.39, 0.29) is 19.1 Å². The van der Waals surface area contributed by atoms with E-state index in [4.69, 9.17) is 9.05 Å². The molecule has 0 aromatic carbocycles. The molecule has 1 amide bonds. The van der Waals surface area contributed by atoms with Gasteiger partial charge in [0, 0.05) is 6.42 Å². The van der Waals surface area contributed by atoms with Gasteiger partial charge in [0.15, 0.2) is 0 Å². The largest absolute Gasteiger partial charge is 0.472 e. The summed E-state index contributed by atoms with van der Waals surface area (Å²) in [5.74, 6) is -0.211. The van der Waals surface area contributed by atoms with Crippen molar-refractivity contribution in [2.45, 2.75) is 122 Å². The second kappa shape index (κ2) is 30.0. The van der Waals surface area contributed by atoms with Gasteiger partial charge in [0.2, 0.25) is 5.91 Å². The van der Waals surface area contributed by atoms with Crippen LogP contribution < -0.4 is 5.32 Å². The van der Waals surface area contributed by atoms with E-state index in [2.05, 4.69) is 79.9 Å². The Morgan fingerprint density at radius 1 is 0.745 bits per heavy atom. The first kappa shape index (κ1) is 44.9. The number of hydrogen-bond acceptors (Lipinski definition) is 5. The first-order valence-electron chi connectivity index (χ1n) is 17.8. The summed E-state index contributed by atoms with van der Waals surface area (Å²) < 4.78 is 23.2. The van der Waals surface area contributed by atoms with E-state index < -0.39 is 20.0 Å². The van der Waals surface area contributed by atoms with Gasteiger partial charge in [0.25, 0.3) is 0 Å². The molecular formula is C38H68N2O6P+. The minimum atomic E-state index is -4.32. The van der Waals surface area contributed by atoms with E-state index in [1.54, 1.807) is 6.08 Å². The Labute approximate surface area is 287 Å². The lowest BCUT2D eigenvalue weighted by Gasteiger charge is -2.25. The number of phosphoric acid groups is 1. The monoisotopic (exact) mass is 679 g/mol. The molecule has 0 aromatic heterocycles. The van der Waals surface area contributed by atoms with Gasteiger partial charge >= 0.3 is 7.82 Å². The molecule has 9 heteroatoms. The predicted molar refractivity (Wildman–Crippen MR) is 198 cm³/mol. The molecular weight excluding hydrogens is 611 g/mol. The number of carbonyl (C=O) groups excluding carboxylic acids is 1. The fourth-order valence-corrected chi connectivity index (χ4v) is 5.02.